The lowest BCUT2D eigenvalue weighted by Crippen LogP contribution is -2.54. The predicted molar refractivity (Wildman–Crippen MR) is 52.0 cm³/mol. The van der Waals surface area contributed by atoms with Crippen LogP contribution < -0.4 is 0 Å². The molecule has 2 aliphatic heterocycles. The Morgan fingerprint density at radius 1 is 1.14 bits per heavy atom. The van der Waals surface area contributed by atoms with E-state index in [1.807, 2.05) is 0 Å². The van der Waals surface area contributed by atoms with Crippen molar-refractivity contribution >= 4 is 5.97 Å². The molecule has 3 nitrogen and oxygen atoms in total. The monoisotopic (exact) mass is 195 g/mol. The zero-order chi connectivity index (χ0) is 9.71. The van der Waals surface area contributed by atoms with Gasteiger partial charge >= 0.3 is 5.97 Å². The number of rotatable bonds is 2. The van der Waals surface area contributed by atoms with Gasteiger partial charge in [-0.05, 0) is 38.0 Å². The van der Waals surface area contributed by atoms with Crippen molar-refractivity contribution in [2.75, 3.05) is 6.54 Å². The summed E-state index contributed by atoms with van der Waals surface area (Å²) in [6.45, 7) is 1.06. The molecule has 2 saturated heterocycles. The summed E-state index contributed by atoms with van der Waals surface area (Å²) in [7, 11) is 0. The third-order valence-corrected chi connectivity index (χ3v) is 4.21. The molecule has 4 fully saturated rings. The van der Waals surface area contributed by atoms with Gasteiger partial charge in [-0.3, -0.25) is 9.69 Å². The molecule has 2 bridgehead atoms. The van der Waals surface area contributed by atoms with Crippen molar-refractivity contribution in [3.63, 3.8) is 0 Å². The van der Waals surface area contributed by atoms with Crippen LogP contribution in [-0.2, 0) is 4.79 Å². The second-order valence-electron chi connectivity index (χ2n) is 5.10. The Balaban J connectivity index is 1.74. The Bertz CT molecular complexity index is 262. The summed E-state index contributed by atoms with van der Waals surface area (Å²) in [5.74, 6) is -0.156. The molecular formula is C11H17NO2. The molecule has 3 atom stereocenters. The van der Waals surface area contributed by atoms with Crippen LogP contribution >= 0.6 is 0 Å². The van der Waals surface area contributed by atoms with Crippen LogP contribution in [0.15, 0.2) is 0 Å². The van der Waals surface area contributed by atoms with Gasteiger partial charge in [0.2, 0.25) is 0 Å². The molecule has 2 aliphatic carbocycles. The highest BCUT2D eigenvalue weighted by atomic mass is 16.4. The molecule has 0 spiro atoms. The molecule has 1 N–H and O–H groups in total. The van der Waals surface area contributed by atoms with Crippen molar-refractivity contribution in [2.24, 2.45) is 11.8 Å². The minimum absolute atomic E-state index is 0.0382. The Morgan fingerprint density at radius 3 is 2.36 bits per heavy atom. The summed E-state index contributed by atoms with van der Waals surface area (Å²) in [6.07, 6.45) is 5.99. The molecule has 0 aromatic carbocycles. The molecule has 2 heterocycles. The zero-order valence-electron chi connectivity index (χ0n) is 8.35. The first-order valence-electron chi connectivity index (χ1n) is 5.74. The van der Waals surface area contributed by atoms with E-state index in [0.717, 1.165) is 25.4 Å². The smallest absolute Gasteiger partial charge is 0.306 e. The number of hydrogen-bond donors (Lipinski definition) is 1. The van der Waals surface area contributed by atoms with Crippen molar-refractivity contribution in [1.29, 1.82) is 0 Å². The van der Waals surface area contributed by atoms with Crippen molar-refractivity contribution in [3.05, 3.63) is 0 Å². The fourth-order valence-corrected chi connectivity index (χ4v) is 3.31. The van der Waals surface area contributed by atoms with Crippen LogP contribution in [0.4, 0.5) is 0 Å². The van der Waals surface area contributed by atoms with Crippen LogP contribution in [0.1, 0.15) is 32.1 Å². The Morgan fingerprint density at radius 2 is 1.86 bits per heavy atom. The second-order valence-corrected chi connectivity index (χ2v) is 5.10. The molecule has 14 heavy (non-hydrogen) atoms. The molecular weight excluding hydrogens is 178 g/mol. The van der Waals surface area contributed by atoms with Gasteiger partial charge in [-0.2, -0.15) is 0 Å². The largest absolute Gasteiger partial charge is 0.481 e. The van der Waals surface area contributed by atoms with Crippen LogP contribution in [0.2, 0.25) is 0 Å². The molecule has 78 valence electrons. The molecule has 0 aromatic rings. The van der Waals surface area contributed by atoms with Crippen molar-refractivity contribution < 1.29 is 9.90 Å². The Hall–Kier alpha value is -0.570. The van der Waals surface area contributed by atoms with E-state index in [9.17, 15) is 4.79 Å². The fourth-order valence-electron chi connectivity index (χ4n) is 3.31. The Kier molecular flexibility index (Phi) is 1.84. The topological polar surface area (TPSA) is 40.5 Å². The summed E-state index contributed by atoms with van der Waals surface area (Å²) in [5.41, 5.74) is 0. The highest BCUT2D eigenvalue weighted by Crippen LogP contribution is 2.44. The maximum absolute atomic E-state index is 11.0. The first-order valence-corrected chi connectivity index (χ1v) is 5.74. The van der Waals surface area contributed by atoms with E-state index >= 15 is 0 Å². The highest BCUT2D eigenvalue weighted by molar-refractivity contribution is 5.70. The predicted octanol–water partition coefficient (Wildman–Crippen LogP) is 1.33. The molecule has 3 heteroatoms. The third kappa shape index (κ3) is 1.26. The average molecular weight is 195 g/mol. The number of hydrogen-bond acceptors (Lipinski definition) is 2. The highest BCUT2D eigenvalue weighted by Gasteiger charge is 2.47. The van der Waals surface area contributed by atoms with E-state index in [2.05, 4.69) is 4.90 Å². The molecule has 0 aromatic heterocycles. The minimum atomic E-state index is -0.560. The van der Waals surface area contributed by atoms with E-state index in [4.69, 9.17) is 5.11 Å². The maximum Gasteiger partial charge on any atom is 0.306 e. The number of piperidine rings is 2. The van der Waals surface area contributed by atoms with E-state index < -0.39 is 5.97 Å². The van der Waals surface area contributed by atoms with E-state index in [-0.39, 0.29) is 5.92 Å². The maximum atomic E-state index is 11.0. The van der Waals surface area contributed by atoms with Crippen LogP contribution in [0.3, 0.4) is 0 Å². The van der Waals surface area contributed by atoms with Crippen LogP contribution in [-0.4, -0.2) is 34.6 Å². The minimum Gasteiger partial charge on any atom is -0.481 e. The Labute approximate surface area is 84.1 Å². The average Bonchev–Trinajstić information content (AvgIpc) is 3.01. The van der Waals surface area contributed by atoms with Gasteiger partial charge in [0.1, 0.15) is 0 Å². The molecule has 3 unspecified atom stereocenters. The van der Waals surface area contributed by atoms with E-state index in [0.29, 0.717) is 12.0 Å². The van der Waals surface area contributed by atoms with Gasteiger partial charge < -0.3 is 5.11 Å². The molecule has 4 aliphatic rings. The number of nitrogens with zero attached hydrogens (tertiary/aromatic N) is 1. The van der Waals surface area contributed by atoms with Gasteiger partial charge in [-0.1, -0.05) is 0 Å². The standard InChI is InChI=1S/C11H17NO2/c13-11(14)10-5-9-2-1-7(10)6-12(9)8-3-4-8/h7-10H,1-6H2,(H,13,14). The fraction of sp³-hybridized carbons (Fsp3) is 0.909. The lowest BCUT2D eigenvalue weighted by Gasteiger charge is -2.48. The van der Waals surface area contributed by atoms with Crippen LogP contribution in [0.5, 0.6) is 0 Å². The van der Waals surface area contributed by atoms with Crippen molar-refractivity contribution in [3.8, 4) is 0 Å². The van der Waals surface area contributed by atoms with Gasteiger partial charge in [0.15, 0.2) is 0 Å². The molecule has 4 rings (SSSR count). The lowest BCUT2D eigenvalue weighted by atomic mass is 9.72. The summed E-state index contributed by atoms with van der Waals surface area (Å²) >= 11 is 0. The SMILES string of the molecule is O=C(O)C1CC2CCC1CN2C1CC1. The van der Waals surface area contributed by atoms with Gasteiger partial charge in [-0.25, -0.2) is 0 Å². The van der Waals surface area contributed by atoms with E-state index in [1.165, 1.54) is 19.3 Å². The number of fused-ring (bicyclic) bond motifs is 3. The molecule has 2 saturated carbocycles. The molecule has 0 amide bonds. The van der Waals surface area contributed by atoms with Gasteiger partial charge in [-0.15, -0.1) is 0 Å². The zero-order valence-corrected chi connectivity index (χ0v) is 8.35. The number of carbonyl (C=O) groups is 1. The molecule has 0 radical (unpaired) electrons. The van der Waals surface area contributed by atoms with Crippen LogP contribution in [0.25, 0.3) is 0 Å². The second kappa shape index (κ2) is 2.96. The summed E-state index contributed by atoms with van der Waals surface area (Å²) in [6, 6.07) is 1.41. The normalized spacial score (nSPS) is 42.7. The summed E-state index contributed by atoms with van der Waals surface area (Å²) in [4.78, 5) is 13.6. The summed E-state index contributed by atoms with van der Waals surface area (Å²) in [5, 5.41) is 9.08. The van der Waals surface area contributed by atoms with E-state index in [1.54, 1.807) is 0 Å². The first-order chi connectivity index (χ1) is 6.75. The van der Waals surface area contributed by atoms with Crippen molar-refractivity contribution in [1.82, 2.24) is 4.90 Å². The first kappa shape index (κ1) is 8.72. The van der Waals surface area contributed by atoms with Gasteiger partial charge in [0.05, 0.1) is 5.92 Å². The number of aliphatic carboxylic acids is 1. The number of carboxylic acid groups (broad SMARTS) is 1. The number of carboxylic acids is 1. The summed E-state index contributed by atoms with van der Waals surface area (Å²) < 4.78 is 0. The van der Waals surface area contributed by atoms with Gasteiger partial charge in [0, 0.05) is 18.6 Å². The third-order valence-electron chi connectivity index (χ3n) is 4.21. The lowest BCUT2D eigenvalue weighted by molar-refractivity contribution is -0.149. The van der Waals surface area contributed by atoms with Gasteiger partial charge in [0.25, 0.3) is 0 Å². The quantitative estimate of drug-likeness (QED) is 0.722. The van der Waals surface area contributed by atoms with Crippen molar-refractivity contribution in [2.45, 2.75) is 44.2 Å². The van der Waals surface area contributed by atoms with Crippen LogP contribution in [0, 0.1) is 11.8 Å².